The van der Waals surface area contributed by atoms with E-state index in [0.29, 0.717) is 11.3 Å². The largest absolute Gasteiger partial charge is 0.497 e. The SMILES string of the molecule is CCc1n[nH]c(=S)n1/N=C\c1cn(Cc2ccccc2)nc1-c1cccc(OC)c1. The van der Waals surface area contributed by atoms with Crippen LogP contribution in [0.1, 0.15) is 23.9 Å². The number of nitrogens with zero attached hydrogens (tertiary/aromatic N) is 5. The lowest BCUT2D eigenvalue weighted by Crippen LogP contribution is -2.00. The summed E-state index contributed by atoms with van der Waals surface area (Å²) in [5, 5.41) is 16.4. The van der Waals surface area contributed by atoms with Crippen molar-refractivity contribution in [3.63, 3.8) is 0 Å². The number of aryl methyl sites for hydroxylation is 1. The van der Waals surface area contributed by atoms with Gasteiger partial charge in [-0.25, -0.2) is 0 Å². The second kappa shape index (κ2) is 8.87. The van der Waals surface area contributed by atoms with Crippen LogP contribution < -0.4 is 4.74 Å². The second-order valence-electron chi connectivity index (χ2n) is 6.70. The fraction of sp³-hybridized carbons (Fsp3) is 0.182. The second-order valence-corrected chi connectivity index (χ2v) is 7.09. The molecule has 4 rings (SSSR count). The number of methoxy groups -OCH3 is 1. The molecular weight excluding hydrogens is 396 g/mol. The maximum Gasteiger partial charge on any atom is 0.216 e. The molecule has 0 amide bonds. The van der Waals surface area contributed by atoms with Crippen LogP contribution in [-0.2, 0) is 13.0 Å². The predicted octanol–water partition coefficient (Wildman–Crippen LogP) is 4.31. The van der Waals surface area contributed by atoms with Gasteiger partial charge in [-0.05, 0) is 29.9 Å². The summed E-state index contributed by atoms with van der Waals surface area (Å²) in [6.45, 7) is 2.67. The van der Waals surface area contributed by atoms with E-state index in [-0.39, 0.29) is 0 Å². The van der Waals surface area contributed by atoms with Crippen LogP contribution in [0.3, 0.4) is 0 Å². The Kier molecular flexibility index (Phi) is 5.85. The third kappa shape index (κ3) is 4.23. The lowest BCUT2D eigenvalue weighted by molar-refractivity contribution is 0.415. The molecular formula is C22H22N6OS. The average Bonchev–Trinajstić information content (AvgIpc) is 3.35. The standard InChI is InChI=1S/C22H22N6OS/c1-3-20-24-25-22(30)28(20)23-13-18-15-27(14-16-8-5-4-6-9-16)26-21(18)17-10-7-11-19(12-17)29-2/h4-13,15H,3,14H2,1-2H3,(H,25,30)/b23-13-. The van der Waals surface area contributed by atoms with Gasteiger partial charge in [-0.3, -0.25) is 9.78 Å². The first-order chi connectivity index (χ1) is 14.7. The van der Waals surface area contributed by atoms with Crippen molar-refractivity contribution in [2.45, 2.75) is 19.9 Å². The molecule has 7 nitrogen and oxygen atoms in total. The van der Waals surface area contributed by atoms with Crippen molar-refractivity contribution in [1.29, 1.82) is 0 Å². The van der Waals surface area contributed by atoms with Crippen molar-refractivity contribution >= 4 is 18.4 Å². The van der Waals surface area contributed by atoms with Gasteiger partial charge in [0.05, 0.1) is 19.9 Å². The van der Waals surface area contributed by atoms with Crippen LogP contribution in [0.15, 0.2) is 65.9 Å². The summed E-state index contributed by atoms with van der Waals surface area (Å²) in [7, 11) is 1.66. The van der Waals surface area contributed by atoms with E-state index in [1.807, 2.05) is 60.3 Å². The molecule has 8 heteroatoms. The summed E-state index contributed by atoms with van der Waals surface area (Å²) in [5.41, 5.74) is 3.83. The number of H-pyrrole nitrogens is 1. The molecule has 0 saturated carbocycles. The summed E-state index contributed by atoms with van der Waals surface area (Å²) in [6, 6.07) is 18.1. The lowest BCUT2D eigenvalue weighted by atomic mass is 10.1. The highest BCUT2D eigenvalue weighted by molar-refractivity contribution is 7.71. The molecule has 2 heterocycles. The van der Waals surface area contributed by atoms with Gasteiger partial charge >= 0.3 is 0 Å². The Bertz CT molecular complexity index is 1220. The Hall–Kier alpha value is -3.52. The molecule has 152 valence electrons. The lowest BCUT2D eigenvalue weighted by Gasteiger charge is -2.03. The highest BCUT2D eigenvalue weighted by Crippen LogP contribution is 2.25. The van der Waals surface area contributed by atoms with Gasteiger partial charge in [0.25, 0.3) is 0 Å². The Labute approximate surface area is 179 Å². The summed E-state index contributed by atoms with van der Waals surface area (Å²) < 4.78 is 9.40. The van der Waals surface area contributed by atoms with E-state index in [9.17, 15) is 0 Å². The van der Waals surface area contributed by atoms with Crippen molar-refractivity contribution in [3.05, 3.63) is 82.5 Å². The highest BCUT2D eigenvalue weighted by atomic mass is 32.1. The molecule has 0 atom stereocenters. The third-order valence-electron chi connectivity index (χ3n) is 4.67. The molecule has 30 heavy (non-hydrogen) atoms. The Morgan fingerprint density at radius 2 is 2.00 bits per heavy atom. The topological polar surface area (TPSA) is 73.0 Å². The van der Waals surface area contributed by atoms with Crippen molar-refractivity contribution < 1.29 is 4.74 Å². The molecule has 2 aromatic heterocycles. The Morgan fingerprint density at radius 3 is 2.77 bits per heavy atom. The van der Waals surface area contributed by atoms with Crippen molar-refractivity contribution in [2.75, 3.05) is 7.11 Å². The highest BCUT2D eigenvalue weighted by Gasteiger charge is 2.12. The zero-order valence-electron chi connectivity index (χ0n) is 16.8. The smallest absolute Gasteiger partial charge is 0.216 e. The van der Waals surface area contributed by atoms with E-state index >= 15 is 0 Å². The molecule has 0 saturated heterocycles. The van der Waals surface area contributed by atoms with Crippen LogP contribution in [0.2, 0.25) is 0 Å². The molecule has 2 aromatic carbocycles. The van der Waals surface area contributed by atoms with Gasteiger partial charge < -0.3 is 4.74 Å². The van der Waals surface area contributed by atoms with E-state index < -0.39 is 0 Å². The molecule has 0 radical (unpaired) electrons. The zero-order chi connectivity index (χ0) is 20.9. The first kappa shape index (κ1) is 19.8. The maximum atomic E-state index is 5.39. The molecule has 0 aliphatic rings. The van der Waals surface area contributed by atoms with Crippen molar-refractivity contribution in [2.24, 2.45) is 5.10 Å². The Morgan fingerprint density at radius 1 is 1.17 bits per heavy atom. The number of hydrogen-bond acceptors (Lipinski definition) is 5. The summed E-state index contributed by atoms with van der Waals surface area (Å²) in [5.74, 6) is 1.55. The van der Waals surface area contributed by atoms with Crippen molar-refractivity contribution in [3.8, 4) is 17.0 Å². The number of aromatic amines is 1. The van der Waals surface area contributed by atoms with Crippen LogP contribution in [0, 0.1) is 4.77 Å². The monoisotopic (exact) mass is 418 g/mol. The summed E-state index contributed by atoms with van der Waals surface area (Å²) in [4.78, 5) is 0. The number of ether oxygens (including phenoxy) is 1. The first-order valence-corrected chi connectivity index (χ1v) is 10.0. The van der Waals surface area contributed by atoms with E-state index in [1.54, 1.807) is 18.0 Å². The summed E-state index contributed by atoms with van der Waals surface area (Å²) in [6.07, 6.45) is 4.48. The van der Waals surface area contributed by atoms with Crippen LogP contribution in [0.4, 0.5) is 0 Å². The number of benzene rings is 2. The minimum absolute atomic E-state index is 0.461. The van der Waals surface area contributed by atoms with Crippen LogP contribution in [-0.4, -0.2) is 38.0 Å². The zero-order valence-corrected chi connectivity index (χ0v) is 17.6. The fourth-order valence-corrected chi connectivity index (χ4v) is 3.37. The van der Waals surface area contributed by atoms with Gasteiger partial charge in [-0.15, -0.1) is 0 Å². The van der Waals surface area contributed by atoms with E-state index in [2.05, 4.69) is 27.4 Å². The normalized spacial score (nSPS) is 11.3. The number of hydrogen-bond donors (Lipinski definition) is 1. The first-order valence-electron chi connectivity index (χ1n) is 9.64. The number of aromatic nitrogens is 5. The van der Waals surface area contributed by atoms with Gasteiger partial charge in [0.1, 0.15) is 11.4 Å². The molecule has 0 spiro atoms. The predicted molar refractivity (Wildman–Crippen MR) is 120 cm³/mol. The molecule has 0 aliphatic heterocycles. The Balaban J connectivity index is 1.75. The molecule has 4 aromatic rings. The van der Waals surface area contributed by atoms with Gasteiger partial charge in [0, 0.05) is 23.7 Å². The maximum absolute atomic E-state index is 5.39. The number of rotatable bonds is 7. The average molecular weight is 419 g/mol. The number of nitrogens with one attached hydrogen (secondary N) is 1. The molecule has 0 bridgehead atoms. The van der Waals surface area contributed by atoms with Gasteiger partial charge in [0.2, 0.25) is 4.77 Å². The van der Waals surface area contributed by atoms with E-state index in [4.69, 9.17) is 22.1 Å². The van der Waals surface area contributed by atoms with Gasteiger partial charge in [-0.2, -0.15) is 20.0 Å². The third-order valence-corrected chi connectivity index (χ3v) is 4.93. The minimum Gasteiger partial charge on any atom is -0.497 e. The quantitative estimate of drug-likeness (QED) is 0.359. The van der Waals surface area contributed by atoms with E-state index in [1.165, 1.54) is 5.56 Å². The summed E-state index contributed by atoms with van der Waals surface area (Å²) >= 11 is 5.30. The van der Waals surface area contributed by atoms with Crippen LogP contribution >= 0.6 is 12.2 Å². The minimum atomic E-state index is 0.461. The van der Waals surface area contributed by atoms with Gasteiger partial charge in [-0.1, -0.05) is 49.4 Å². The molecule has 0 fully saturated rings. The molecule has 0 aliphatic carbocycles. The molecule has 1 N–H and O–H groups in total. The van der Waals surface area contributed by atoms with Crippen molar-refractivity contribution in [1.82, 2.24) is 24.7 Å². The van der Waals surface area contributed by atoms with Crippen LogP contribution in [0.25, 0.3) is 11.3 Å². The van der Waals surface area contributed by atoms with Crippen LogP contribution in [0.5, 0.6) is 5.75 Å². The fourth-order valence-electron chi connectivity index (χ4n) is 3.17. The molecule has 0 unspecified atom stereocenters. The van der Waals surface area contributed by atoms with E-state index in [0.717, 1.165) is 34.8 Å². The van der Waals surface area contributed by atoms with Gasteiger partial charge in [0.15, 0.2) is 5.82 Å².